The fraction of sp³-hybridized carbons (Fsp3) is 0.750. The smallest absolute Gasteiger partial charge is 0.293 e. The second-order valence-corrected chi connectivity index (χ2v) is 30.7. The summed E-state index contributed by atoms with van der Waals surface area (Å²) >= 11 is 0. The number of carbonyl (C=O) groups is 22. The molecule has 44 nitrogen and oxygen atoms in total. The average Bonchev–Trinajstić information content (AvgIpc) is 1.75. The number of hydrogen-bond acceptors (Lipinski definition) is 25. The summed E-state index contributed by atoms with van der Waals surface area (Å²) in [5, 5.41) is 27.1. The molecule has 0 unspecified atom stereocenters. The van der Waals surface area contributed by atoms with Gasteiger partial charge in [-0.3, -0.25) is 105 Å². The van der Waals surface area contributed by atoms with Crippen LogP contribution in [0.3, 0.4) is 0 Å². The van der Waals surface area contributed by atoms with E-state index in [4.69, 9.17) is 24.3 Å². The molecule has 0 saturated heterocycles. The van der Waals surface area contributed by atoms with Crippen LogP contribution in [0.1, 0.15) is 224 Å². The SMILES string of the molecule is CC(C)(C)CNC=O.CC(C)(C)NC=O.CC(C)CNC=O.CC(C)N(C)C=O.CC(C)NC=O.CC(C)OC=O.CCCN(C)C=O.CCN(C)C=O.CCN(C)C=O.CCN(C=O)C(C)C.CCN(C=O)CC.CCNC=O.CCOC=O.CN(C)C=O.CN(C=O)C1CC1.CN(C=O)CC1CC1.CNC=O.COC=O.NC=O.O=CNC1CC1.O=CNCC1CC1.O=CO. The molecule has 0 heterocycles. The average molecular weight is 1910 g/mol. The summed E-state index contributed by atoms with van der Waals surface area (Å²) in [6, 6.07) is 2.07. The molecule has 0 atom stereocenters. The Hall–Kier alpha value is -11.7. The third-order valence-corrected chi connectivity index (χ3v) is 13.5. The van der Waals surface area contributed by atoms with Crippen molar-refractivity contribution >= 4 is 141 Å². The molecule has 0 spiro atoms. The van der Waals surface area contributed by atoms with Gasteiger partial charge in [0.2, 0.25) is 115 Å². The van der Waals surface area contributed by atoms with E-state index in [-0.39, 0.29) is 36.0 Å². The van der Waals surface area contributed by atoms with E-state index in [2.05, 4.69) is 97.1 Å². The Balaban J connectivity index is -0.0000000647. The van der Waals surface area contributed by atoms with Crippen LogP contribution >= 0.6 is 0 Å². The van der Waals surface area contributed by atoms with Gasteiger partial charge in [0.05, 0.1) is 19.8 Å². The number of nitrogens with two attached hydrogens (primary N) is 1. The summed E-state index contributed by atoms with van der Waals surface area (Å²) in [5.41, 5.74) is 4.31. The lowest BCUT2D eigenvalue weighted by Gasteiger charge is -2.18. The Morgan fingerprint density at radius 1 is 0.455 bits per heavy atom. The fourth-order valence-corrected chi connectivity index (χ4v) is 5.02. The van der Waals surface area contributed by atoms with E-state index in [0.717, 1.165) is 174 Å². The molecule has 4 saturated carbocycles. The first-order valence-corrected chi connectivity index (χ1v) is 43.1. The van der Waals surface area contributed by atoms with Crippen LogP contribution in [0.15, 0.2) is 0 Å². The van der Waals surface area contributed by atoms with Crippen molar-refractivity contribution < 1.29 is 125 Å². The summed E-state index contributed by atoms with van der Waals surface area (Å²) in [7, 11) is 16.9. The van der Waals surface area contributed by atoms with Gasteiger partial charge < -0.3 is 112 Å². The molecule has 11 N–H and O–H groups in total. The topological polar surface area (TPSA) is 575 Å². The third kappa shape index (κ3) is 259. The lowest BCUT2D eigenvalue weighted by atomic mass is 9.97. The van der Waals surface area contributed by atoms with Crippen molar-refractivity contribution in [1.29, 1.82) is 0 Å². The number of methoxy groups -OCH3 is 1. The van der Waals surface area contributed by atoms with Crippen LogP contribution in [-0.2, 0) is 120 Å². The molecule has 4 aliphatic rings. The number of rotatable bonds is 42. The molecular weight excluding hydrogens is 1730 g/mol. The summed E-state index contributed by atoms with van der Waals surface area (Å²) < 4.78 is 12.4. The molecule has 0 aromatic carbocycles. The van der Waals surface area contributed by atoms with E-state index in [1.807, 2.05) is 125 Å². The van der Waals surface area contributed by atoms with Crippen LogP contribution in [-0.4, -0.2) is 381 Å². The standard InChI is InChI=1S/C6H11NO.2C6H13NO.2C5H9NO.5C5H11NO.C4H7NO.3C4H9NO.C4H8O2.2C3H7NO.C3H6O2.C2H5NO.C2H4O2.CH3NO.CH2O2/c1-7(5-8)4-6-2-3-6;1-6(2,3)4-7-5-8;1-4-7(5-8)6(2)3;1-6(4-7)5-2-3-5;7-4-6-3-5-1-2-5;1-5(2)6(3)4-7;1-5(2,3)6-4-7;1-5(2)3-6-4-7;1-3-4-6(2)5-7;1-3-6(4-2)5-7;6-3-5-4-1-2-4;1-4(2)5-3-6;2*1-3-5(2)4-6;1-4(2)6-3-5;1-4(2)3-5;1-2-4-3-5;1-2-5-3-4;1-3-2-4;1-4-2-3;2*2-1-3/h5-6H,2-4H2,1H3;5H,4H2,1-3H3,(H,7,8);5-6H,4H2,1-3H3;4-5H,2-3H2,1H3;4-5H,1-3H2,(H,6,7);4-5H,1-3H3;4H,1-3H3,(H,6,7);4-5H,3H2,1-2H3,(H,6,7);2*5H,3-4H2,1-2H3;3-4H,1-2H2,(H,5,6);3-4H,1-2H3,(H,5,6);2*4H,3H2,1-2H3;3-4H,1-2H3;3H,1-2H3;3H,2H2,1H3,(H,4,5);3H,2H2,1H3;2H,1H3,(H,3,4);2H,1H3;1H,(H2,2,3);1H,(H,2,3). The van der Waals surface area contributed by atoms with Crippen molar-refractivity contribution in [1.82, 2.24) is 86.6 Å². The predicted molar refractivity (Wildman–Crippen MR) is 519 cm³/mol. The van der Waals surface area contributed by atoms with Crippen molar-refractivity contribution in [3.05, 3.63) is 0 Å². The van der Waals surface area contributed by atoms with Crippen molar-refractivity contribution in [2.45, 2.75) is 266 Å². The fourth-order valence-electron chi connectivity index (χ4n) is 5.02. The number of carboxylic acid groups (broad SMARTS) is 1. The number of nitrogens with one attached hydrogen (secondary N) is 8. The van der Waals surface area contributed by atoms with E-state index in [1.165, 1.54) is 63.4 Å². The van der Waals surface area contributed by atoms with Crippen LogP contribution in [0.4, 0.5) is 0 Å². The zero-order chi connectivity index (χ0) is 108. The minimum Gasteiger partial charge on any atom is -0.483 e. The molecule has 0 aromatic heterocycles. The summed E-state index contributed by atoms with van der Waals surface area (Å²) in [6.07, 6.45) is 24.6. The normalized spacial score (nSPS) is 10.4. The zero-order valence-electron chi connectivity index (χ0n) is 87.0. The molecule has 4 aliphatic carbocycles. The van der Waals surface area contributed by atoms with Gasteiger partial charge in [0.1, 0.15) is 0 Å². The monoisotopic (exact) mass is 1910 g/mol. The Labute approximate surface area is 793 Å². The summed E-state index contributed by atoms with van der Waals surface area (Å²) in [4.78, 5) is 224. The van der Waals surface area contributed by atoms with Gasteiger partial charge in [-0.1, -0.05) is 41.5 Å². The predicted octanol–water partition coefficient (Wildman–Crippen LogP) is 3.27. The van der Waals surface area contributed by atoms with Gasteiger partial charge in [-0.25, -0.2) is 0 Å². The van der Waals surface area contributed by atoms with Gasteiger partial charge in [0.25, 0.3) is 25.9 Å². The highest BCUT2D eigenvalue weighted by molar-refractivity contribution is 5.51. The molecule has 132 heavy (non-hydrogen) atoms. The van der Waals surface area contributed by atoms with Crippen LogP contribution < -0.4 is 48.3 Å². The highest BCUT2D eigenvalue weighted by Gasteiger charge is 2.25. The van der Waals surface area contributed by atoms with Gasteiger partial charge in [-0.2, -0.15) is 0 Å². The number of nitrogens with zero attached hydrogens (tertiary/aromatic N) is 9. The maximum Gasteiger partial charge on any atom is 0.293 e. The van der Waals surface area contributed by atoms with Gasteiger partial charge >= 0.3 is 0 Å². The lowest BCUT2D eigenvalue weighted by Crippen LogP contribution is -2.34. The highest BCUT2D eigenvalue weighted by atomic mass is 16.5. The lowest BCUT2D eigenvalue weighted by molar-refractivity contribution is -0.132. The molecule has 44 heteroatoms. The number of ether oxygens (including phenoxy) is 3. The van der Waals surface area contributed by atoms with Gasteiger partial charge in [-0.15, -0.1) is 0 Å². The first-order chi connectivity index (χ1) is 61.9. The van der Waals surface area contributed by atoms with Crippen molar-refractivity contribution in [3.63, 3.8) is 0 Å². The minimum absolute atomic E-state index is 0.0301. The summed E-state index contributed by atoms with van der Waals surface area (Å²) in [6.45, 7) is 57.4. The van der Waals surface area contributed by atoms with Gasteiger partial charge in [0.15, 0.2) is 0 Å². The molecule has 0 aliphatic heterocycles. The number of primary amides is 1. The molecule has 0 radical (unpaired) electrons. The molecule has 784 valence electrons. The van der Waals surface area contributed by atoms with E-state index in [0.29, 0.717) is 81.7 Å². The molecule has 0 aromatic rings. The van der Waals surface area contributed by atoms with Crippen LogP contribution in [0.2, 0.25) is 0 Å². The Kier molecular flexibility index (Phi) is 177. The van der Waals surface area contributed by atoms with Crippen molar-refractivity contribution in [2.75, 3.05) is 149 Å². The molecule has 4 rings (SSSR count). The van der Waals surface area contributed by atoms with Gasteiger partial charge in [0, 0.05) is 171 Å². The minimum atomic E-state index is -0.250. The van der Waals surface area contributed by atoms with Crippen molar-refractivity contribution in [2.24, 2.45) is 28.9 Å². The van der Waals surface area contributed by atoms with E-state index in [9.17, 15) is 86.3 Å². The summed E-state index contributed by atoms with van der Waals surface area (Å²) in [5.74, 6) is 2.19. The largest absolute Gasteiger partial charge is 0.483 e. The quantitative estimate of drug-likeness (QED) is 0.0310. The van der Waals surface area contributed by atoms with E-state index >= 15 is 0 Å². The third-order valence-electron chi connectivity index (χ3n) is 13.5. The van der Waals surface area contributed by atoms with Crippen LogP contribution in [0.25, 0.3) is 0 Å². The van der Waals surface area contributed by atoms with Crippen molar-refractivity contribution in [3.8, 4) is 0 Å². The highest BCUT2D eigenvalue weighted by Crippen LogP contribution is 2.29. The first-order valence-electron chi connectivity index (χ1n) is 43.1. The Morgan fingerprint density at radius 2 is 0.871 bits per heavy atom. The second kappa shape index (κ2) is 142. The zero-order valence-corrected chi connectivity index (χ0v) is 87.0. The molecule has 4 fully saturated rings. The molecular formula is C88H186N18O26. The maximum absolute atomic E-state index is 10.1. The Bertz CT molecular complexity index is 2390. The number of amides is 18. The number of carbonyl (C=O) groups excluding carboxylic acids is 21. The Morgan fingerprint density at radius 3 is 0.955 bits per heavy atom. The second-order valence-electron chi connectivity index (χ2n) is 30.7. The first kappa shape index (κ1) is 164. The van der Waals surface area contributed by atoms with Crippen LogP contribution in [0, 0.1) is 23.2 Å². The van der Waals surface area contributed by atoms with Gasteiger partial charge in [-0.05, 0) is 206 Å². The van der Waals surface area contributed by atoms with E-state index < -0.39 is 0 Å². The molecule has 18 amide bonds. The molecule has 0 bridgehead atoms. The van der Waals surface area contributed by atoms with E-state index in [1.54, 1.807) is 109 Å². The number of hydrogen-bond donors (Lipinski definition) is 10. The van der Waals surface area contributed by atoms with Crippen LogP contribution in [0.5, 0.6) is 0 Å². The maximum atomic E-state index is 10.1.